The molecule has 2 rings (SSSR count). The number of piperidine rings is 1. The van der Waals surface area contributed by atoms with E-state index in [4.69, 9.17) is 0 Å². The van der Waals surface area contributed by atoms with E-state index < -0.39 is 0 Å². The lowest BCUT2D eigenvalue weighted by Gasteiger charge is -2.43. The largest absolute Gasteiger partial charge is 0.309 e. The second-order valence-electron chi connectivity index (χ2n) is 6.45. The van der Waals surface area contributed by atoms with E-state index in [2.05, 4.69) is 35.9 Å². The fraction of sp³-hybridized carbons (Fsp3) is 1.00. The Morgan fingerprint density at radius 3 is 2.44 bits per heavy atom. The molecule has 2 heterocycles. The average molecular weight is 253 g/mol. The smallest absolute Gasteiger partial charge is 0.0278 e. The quantitative estimate of drug-likeness (QED) is 0.824. The van der Waals surface area contributed by atoms with Crippen molar-refractivity contribution in [2.75, 3.05) is 45.8 Å². The molecule has 0 radical (unpaired) electrons. The van der Waals surface area contributed by atoms with Gasteiger partial charge in [0.15, 0.2) is 0 Å². The SMILES string of the molecule is CCN1CCC(CN2CCNC(C)(CC)C2)CC1. The van der Waals surface area contributed by atoms with Gasteiger partial charge in [-0.3, -0.25) is 4.90 Å². The van der Waals surface area contributed by atoms with Gasteiger partial charge in [-0.2, -0.15) is 0 Å². The Balaban J connectivity index is 1.76. The lowest BCUT2D eigenvalue weighted by atomic mass is 9.92. The molecular weight excluding hydrogens is 222 g/mol. The first-order valence-corrected chi connectivity index (χ1v) is 7.85. The van der Waals surface area contributed by atoms with Crippen LogP contribution in [0.1, 0.15) is 40.0 Å². The molecule has 18 heavy (non-hydrogen) atoms. The average Bonchev–Trinajstić information content (AvgIpc) is 2.40. The minimum Gasteiger partial charge on any atom is -0.309 e. The summed E-state index contributed by atoms with van der Waals surface area (Å²) in [5.41, 5.74) is 0.350. The van der Waals surface area contributed by atoms with Crippen molar-refractivity contribution in [3.8, 4) is 0 Å². The number of nitrogens with zero attached hydrogens (tertiary/aromatic N) is 2. The molecule has 3 heteroatoms. The molecule has 3 nitrogen and oxygen atoms in total. The van der Waals surface area contributed by atoms with Crippen LogP contribution >= 0.6 is 0 Å². The Bertz CT molecular complexity index is 248. The molecule has 1 unspecified atom stereocenters. The maximum absolute atomic E-state index is 3.68. The zero-order valence-electron chi connectivity index (χ0n) is 12.5. The Labute approximate surface area is 113 Å². The van der Waals surface area contributed by atoms with Crippen LogP contribution in [0.3, 0.4) is 0 Å². The Hall–Kier alpha value is -0.120. The summed E-state index contributed by atoms with van der Waals surface area (Å²) in [4.78, 5) is 5.29. The van der Waals surface area contributed by atoms with Gasteiger partial charge in [0.25, 0.3) is 0 Å². The second kappa shape index (κ2) is 6.36. The van der Waals surface area contributed by atoms with Gasteiger partial charge < -0.3 is 10.2 Å². The van der Waals surface area contributed by atoms with Crippen molar-refractivity contribution in [3.63, 3.8) is 0 Å². The van der Waals surface area contributed by atoms with Gasteiger partial charge in [-0.25, -0.2) is 0 Å². The van der Waals surface area contributed by atoms with Gasteiger partial charge in [-0.15, -0.1) is 0 Å². The van der Waals surface area contributed by atoms with E-state index in [1.54, 1.807) is 0 Å². The zero-order chi connectivity index (χ0) is 13.0. The van der Waals surface area contributed by atoms with Crippen LogP contribution < -0.4 is 5.32 Å². The van der Waals surface area contributed by atoms with E-state index in [9.17, 15) is 0 Å². The fourth-order valence-electron chi connectivity index (χ4n) is 3.39. The summed E-state index contributed by atoms with van der Waals surface area (Å²) in [6.45, 7) is 15.8. The van der Waals surface area contributed by atoms with E-state index in [-0.39, 0.29) is 0 Å². The standard InChI is InChI=1S/C15H31N3/c1-4-15(3)13-18(11-8-16-15)12-14-6-9-17(5-2)10-7-14/h14,16H,4-13H2,1-3H3. The Morgan fingerprint density at radius 1 is 1.11 bits per heavy atom. The highest BCUT2D eigenvalue weighted by Crippen LogP contribution is 2.21. The predicted octanol–water partition coefficient (Wildman–Crippen LogP) is 1.79. The van der Waals surface area contributed by atoms with Crippen LogP contribution in [0.15, 0.2) is 0 Å². The molecule has 106 valence electrons. The lowest BCUT2D eigenvalue weighted by molar-refractivity contribution is 0.0976. The van der Waals surface area contributed by atoms with Crippen molar-refractivity contribution in [2.24, 2.45) is 5.92 Å². The third kappa shape index (κ3) is 3.69. The summed E-state index contributed by atoms with van der Waals surface area (Å²) in [7, 11) is 0. The van der Waals surface area contributed by atoms with Crippen molar-refractivity contribution in [2.45, 2.75) is 45.6 Å². The molecule has 0 aromatic rings. The number of piperazine rings is 1. The molecule has 2 saturated heterocycles. The Kier molecular flexibility index (Phi) is 5.05. The molecule has 0 spiro atoms. The van der Waals surface area contributed by atoms with Crippen LogP contribution in [0.5, 0.6) is 0 Å². The molecule has 0 saturated carbocycles. The highest BCUT2D eigenvalue weighted by Gasteiger charge is 2.30. The van der Waals surface area contributed by atoms with Gasteiger partial charge in [0.2, 0.25) is 0 Å². The molecule has 0 bridgehead atoms. The van der Waals surface area contributed by atoms with E-state index >= 15 is 0 Å². The molecule has 0 aromatic heterocycles. The van der Waals surface area contributed by atoms with Crippen LogP contribution in [0.25, 0.3) is 0 Å². The van der Waals surface area contributed by atoms with Gasteiger partial charge in [0.1, 0.15) is 0 Å². The van der Waals surface area contributed by atoms with Crippen molar-refractivity contribution in [3.05, 3.63) is 0 Å². The van der Waals surface area contributed by atoms with Crippen molar-refractivity contribution in [1.82, 2.24) is 15.1 Å². The second-order valence-corrected chi connectivity index (χ2v) is 6.45. The molecular formula is C15H31N3. The van der Waals surface area contributed by atoms with Crippen LogP contribution in [-0.4, -0.2) is 61.2 Å². The fourth-order valence-corrected chi connectivity index (χ4v) is 3.39. The van der Waals surface area contributed by atoms with E-state index in [0.29, 0.717) is 5.54 Å². The van der Waals surface area contributed by atoms with Crippen LogP contribution in [0.4, 0.5) is 0 Å². The van der Waals surface area contributed by atoms with Gasteiger partial charge in [0, 0.05) is 31.7 Å². The first-order chi connectivity index (χ1) is 8.65. The third-order valence-electron chi connectivity index (χ3n) is 5.00. The van der Waals surface area contributed by atoms with Crippen LogP contribution in [0, 0.1) is 5.92 Å². The molecule has 0 aliphatic carbocycles. The molecule has 1 N–H and O–H groups in total. The molecule has 0 amide bonds. The maximum Gasteiger partial charge on any atom is 0.0278 e. The monoisotopic (exact) mass is 253 g/mol. The van der Waals surface area contributed by atoms with Gasteiger partial charge in [0.05, 0.1) is 0 Å². The molecule has 0 aromatic carbocycles. The van der Waals surface area contributed by atoms with Crippen molar-refractivity contribution < 1.29 is 0 Å². The molecule has 2 aliphatic heterocycles. The van der Waals surface area contributed by atoms with Crippen LogP contribution in [-0.2, 0) is 0 Å². The number of hydrogen-bond donors (Lipinski definition) is 1. The number of nitrogens with one attached hydrogen (secondary N) is 1. The summed E-state index contributed by atoms with van der Waals surface area (Å²) < 4.78 is 0. The van der Waals surface area contributed by atoms with Gasteiger partial charge >= 0.3 is 0 Å². The molecule has 1 atom stereocenters. The minimum absolute atomic E-state index is 0.350. The van der Waals surface area contributed by atoms with Crippen LogP contribution in [0.2, 0.25) is 0 Å². The van der Waals surface area contributed by atoms with Gasteiger partial charge in [-0.1, -0.05) is 13.8 Å². The first kappa shape index (κ1) is 14.3. The van der Waals surface area contributed by atoms with Crippen molar-refractivity contribution in [1.29, 1.82) is 0 Å². The lowest BCUT2D eigenvalue weighted by Crippen LogP contribution is -2.59. The number of rotatable bonds is 4. The summed E-state index contributed by atoms with van der Waals surface area (Å²) in [5.74, 6) is 0.937. The van der Waals surface area contributed by atoms with E-state index in [0.717, 1.165) is 12.5 Å². The highest BCUT2D eigenvalue weighted by molar-refractivity contribution is 4.90. The zero-order valence-corrected chi connectivity index (χ0v) is 12.5. The summed E-state index contributed by atoms with van der Waals surface area (Å²) in [5, 5.41) is 3.68. The predicted molar refractivity (Wildman–Crippen MR) is 78.0 cm³/mol. The first-order valence-electron chi connectivity index (χ1n) is 7.85. The summed E-state index contributed by atoms with van der Waals surface area (Å²) >= 11 is 0. The highest BCUT2D eigenvalue weighted by atomic mass is 15.2. The minimum atomic E-state index is 0.350. The normalized spacial score (nSPS) is 32.8. The number of likely N-dealkylation sites (tertiary alicyclic amines) is 1. The Morgan fingerprint density at radius 2 is 1.83 bits per heavy atom. The number of hydrogen-bond acceptors (Lipinski definition) is 3. The maximum atomic E-state index is 3.68. The van der Waals surface area contributed by atoms with E-state index in [1.807, 2.05) is 0 Å². The summed E-state index contributed by atoms with van der Waals surface area (Å²) in [6, 6.07) is 0. The van der Waals surface area contributed by atoms with Crippen molar-refractivity contribution >= 4 is 0 Å². The molecule has 2 fully saturated rings. The van der Waals surface area contributed by atoms with E-state index in [1.165, 1.54) is 58.5 Å². The summed E-state index contributed by atoms with van der Waals surface area (Å²) in [6.07, 6.45) is 4.04. The van der Waals surface area contributed by atoms with Gasteiger partial charge in [-0.05, 0) is 51.7 Å². The topological polar surface area (TPSA) is 18.5 Å². The third-order valence-corrected chi connectivity index (χ3v) is 5.00. The molecule has 2 aliphatic rings.